The summed E-state index contributed by atoms with van der Waals surface area (Å²) in [5.74, 6) is 2.70. The largest absolute Gasteiger partial charge is 0.497 e. The molecule has 4 nitrogen and oxygen atoms in total. The number of fused-ring (bicyclic) bond motifs is 1. The first kappa shape index (κ1) is 18.3. The Labute approximate surface area is 169 Å². The summed E-state index contributed by atoms with van der Waals surface area (Å²) in [6.45, 7) is 1.33. The highest BCUT2D eigenvalue weighted by Crippen LogP contribution is 2.33. The molecule has 0 aliphatic heterocycles. The number of nitrogens with zero attached hydrogens (tertiary/aromatic N) is 2. The van der Waals surface area contributed by atoms with Crippen LogP contribution in [-0.2, 0) is 13.2 Å². The molecule has 0 saturated heterocycles. The minimum atomic E-state index is 0.556. The zero-order valence-corrected chi connectivity index (χ0v) is 16.8. The van der Waals surface area contributed by atoms with Crippen LogP contribution in [0.1, 0.15) is 11.1 Å². The van der Waals surface area contributed by atoms with Crippen LogP contribution in [0.4, 0.5) is 5.82 Å². The van der Waals surface area contributed by atoms with Gasteiger partial charge in [0.1, 0.15) is 23.9 Å². The summed E-state index contributed by atoms with van der Waals surface area (Å²) in [4.78, 5) is 2.17. The number of methoxy groups -OCH3 is 1. The Bertz CT molecular complexity index is 1050. The van der Waals surface area contributed by atoms with Crippen molar-refractivity contribution in [1.29, 1.82) is 0 Å². The number of aromatic nitrogens is 1. The predicted molar refractivity (Wildman–Crippen MR) is 115 cm³/mol. The first-order chi connectivity index (χ1) is 13.7. The van der Waals surface area contributed by atoms with E-state index in [1.165, 1.54) is 17.1 Å². The molecule has 0 radical (unpaired) electrons. The summed E-state index contributed by atoms with van der Waals surface area (Å²) >= 11 is 1.51. The Morgan fingerprint density at radius 2 is 1.64 bits per heavy atom. The van der Waals surface area contributed by atoms with E-state index in [2.05, 4.69) is 52.7 Å². The van der Waals surface area contributed by atoms with Crippen molar-refractivity contribution in [3.05, 3.63) is 83.9 Å². The molecule has 0 unspecified atom stereocenters. The van der Waals surface area contributed by atoms with Gasteiger partial charge in [0.2, 0.25) is 0 Å². The van der Waals surface area contributed by atoms with Gasteiger partial charge in [0.15, 0.2) is 0 Å². The topological polar surface area (TPSA) is 34.6 Å². The second-order valence-corrected chi connectivity index (χ2v) is 7.45. The third-order valence-corrected chi connectivity index (χ3v) is 5.43. The zero-order chi connectivity index (χ0) is 19.3. The van der Waals surface area contributed by atoms with Crippen LogP contribution in [-0.4, -0.2) is 18.5 Å². The first-order valence-corrected chi connectivity index (χ1v) is 9.90. The number of hydrogen-bond donors (Lipinski definition) is 0. The molecule has 28 heavy (non-hydrogen) atoms. The lowest BCUT2D eigenvalue weighted by atomic mass is 10.2. The minimum Gasteiger partial charge on any atom is -0.497 e. The number of anilines is 1. The molecule has 0 N–H and O–H groups in total. The summed E-state index contributed by atoms with van der Waals surface area (Å²) < 4.78 is 17.1. The molecule has 142 valence electrons. The maximum absolute atomic E-state index is 5.99. The van der Waals surface area contributed by atoms with E-state index < -0.39 is 0 Å². The fraction of sp³-hybridized carbons (Fsp3) is 0.174. The van der Waals surface area contributed by atoms with Gasteiger partial charge in [-0.3, -0.25) is 0 Å². The van der Waals surface area contributed by atoms with Crippen LogP contribution in [0.3, 0.4) is 0 Å². The van der Waals surface area contributed by atoms with E-state index in [9.17, 15) is 0 Å². The van der Waals surface area contributed by atoms with E-state index >= 15 is 0 Å². The second kappa shape index (κ2) is 8.31. The van der Waals surface area contributed by atoms with Crippen molar-refractivity contribution in [2.24, 2.45) is 0 Å². The van der Waals surface area contributed by atoms with Gasteiger partial charge in [0, 0.05) is 19.0 Å². The summed E-state index contributed by atoms with van der Waals surface area (Å²) in [7, 11) is 3.75. The van der Waals surface area contributed by atoms with Gasteiger partial charge in [-0.1, -0.05) is 42.5 Å². The Hall–Kier alpha value is -3.05. The molecule has 4 rings (SSSR count). The third kappa shape index (κ3) is 4.10. The van der Waals surface area contributed by atoms with Crippen LogP contribution >= 0.6 is 11.5 Å². The number of ether oxygens (including phenoxy) is 2. The molecule has 0 aliphatic rings. The maximum Gasteiger partial charge on any atom is 0.150 e. The van der Waals surface area contributed by atoms with Gasteiger partial charge >= 0.3 is 0 Å². The molecule has 0 atom stereocenters. The average Bonchev–Trinajstić information content (AvgIpc) is 3.17. The van der Waals surface area contributed by atoms with Crippen LogP contribution in [0, 0.1) is 0 Å². The minimum absolute atomic E-state index is 0.556. The highest BCUT2D eigenvalue weighted by atomic mass is 32.1. The average molecular weight is 391 g/mol. The van der Waals surface area contributed by atoms with E-state index in [0.717, 1.165) is 39.5 Å². The fourth-order valence-electron chi connectivity index (χ4n) is 3.09. The standard InChI is InChI=1S/C23H22N2O2S/c1-25(15-17-8-10-19(26-2)11-9-17)23-21-14-20(12-13-22(21)28-24-23)27-16-18-6-4-3-5-7-18/h3-14H,15-16H2,1-2H3. The maximum atomic E-state index is 5.99. The van der Waals surface area contributed by atoms with Crippen LogP contribution in [0.15, 0.2) is 72.8 Å². The van der Waals surface area contributed by atoms with Gasteiger partial charge in [-0.15, -0.1) is 0 Å². The van der Waals surface area contributed by atoms with Gasteiger partial charge in [-0.25, -0.2) is 0 Å². The lowest BCUT2D eigenvalue weighted by molar-refractivity contribution is 0.306. The molecule has 1 aromatic heterocycles. The van der Waals surface area contributed by atoms with Crippen molar-refractivity contribution >= 4 is 27.4 Å². The van der Waals surface area contributed by atoms with E-state index in [1.54, 1.807) is 7.11 Å². The molecular weight excluding hydrogens is 368 g/mol. The van der Waals surface area contributed by atoms with E-state index in [0.29, 0.717) is 6.61 Å². The highest BCUT2D eigenvalue weighted by Gasteiger charge is 2.12. The molecule has 1 heterocycles. The number of benzene rings is 3. The summed E-state index contributed by atoms with van der Waals surface area (Å²) in [5, 5.41) is 1.12. The van der Waals surface area contributed by atoms with Crippen molar-refractivity contribution in [2.45, 2.75) is 13.2 Å². The smallest absolute Gasteiger partial charge is 0.150 e. The summed E-state index contributed by atoms with van der Waals surface area (Å²) in [6.07, 6.45) is 0. The third-order valence-electron chi connectivity index (χ3n) is 4.61. The number of rotatable bonds is 7. The zero-order valence-electron chi connectivity index (χ0n) is 16.0. The molecule has 0 fully saturated rings. The van der Waals surface area contributed by atoms with Crippen molar-refractivity contribution in [1.82, 2.24) is 4.37 Å². The molecule has 4 aromatic rings. The first-order valence-electron chi connectivity index (χ1n) is 9.13. The van der Waals surface area contributed by atoms with Crippen LogP contribution < -0.4 is 14.4 Å². The normalized spacial score (nSPS) is 10.8. The second-order valence-electron chi connectivity index (χ2n) is 6.64. The summed E-state index contributed by atoms with van der Waals surface area (Å²) in [6, 6.07) is 24.5. The van der Waals surface area contributed by atoms with E-state index in [1.807, 2.05) is 36.4 Å². The Kier molecular flexibility index (Phi) is 5.44. The van der Waals surface area contributed by atoms with E-state index in [-0.39, 0.29) is 0 Å². The van der Waals surface area contributed by atoms with Gasteiger partial charge in [-0.2, -0.15) is 4.37 Å². The van der Waals surface area contributed by atoms with Gasteiger partial charge in [0.25, 0.3) is 0 Å². The fourth-order valence-corrected chi connectivity index (χ4v) is 3.89. The van der Waals surface area contributed by atoms with Crippen LogP contribution in [0.5, 0.6) is 11.5 Å². The van der Waals surface area contributed by atoms with Gasteiger partial charge < -0.3 is 14.4 Å². The van der Waals surface area contributed by atoms with Crippen molar-refractivity contribution in [2.75, 3.05) is 19.1 Å². The lowest BCUT2D eigenvalue weighted by Crippen LogP contribution is -2.16. The lowest BCUT2D eigenvalue weighted by Gasteiger charge is -2.17. The monoisotopic (exact) mass is 390 g/mol. The molecule has 3 aromatic carbocycles. The predicted octanol–water partition coefficient (Wildman–Crippen LogP) is 5.52. The molecule has 0 bridgehead atoms. The Morgan fingerprint density at radius 1 is 0.893 bits per heavy atom. The highest BCUT2D eigenvalue weighted by molar-refractivity contribution is 7.13. The molecule has 0 spiro atoms. The van der Waals surface area contributed by atoms with Crippen molar-refractivity contribution in [3.8, 4) is 11.5 Å². The van der Waals surface area contributed by atoms with Crippen molar-refractivity contribution < 1.29 is 9.47 Å². The van der Waals surface area contributed by atoms with E-state index in [4.69, 9.17) is 9.47 Å². The molecule has 5 heteroatoms. The Morgan fingerprint density at radius 3 is 2.39 bits per heavy atom. The quantitative estimate of drug-likeness (QED) is 0.416. The number of hydrogen-bond acceptors (Lipinski definition) is 5. The molecule has 0 amide bonds. The van der Waals surface area contributed by atoms with Gasteiger partial charge in [0.05, 0.1) is 11.8 Å². The van der Waals surface area contributed by atoms with Crippen LogP contribution in [0.25, 0.3) is 10.1 Å². The Balaban J connectivity index is 1.51. The SMILES string of the molecule is COc1ccc(CN(C)c2nsc3ccc(OCc4ccccc4)cc23)cc1. The molecule has 0 saturated carbocycles. The van der Waals surface area contributed by atoms with Gasteiger partial charge in [-0.05, 0) is 53.0 Å². The van der Waals surface area contributed by atoms with Crippen LogP contribution in [0.2, 0.25) is 0 Å². The summed E-state index contributed by atoms with van der Waals surface area (Å²) in [5.41, 5.74) is 2.36. The molecule has 0 aliphatic carbocycles. The molecular formula is C23H22N2O2S. The van der Waals surface area contributed by atoms with Crippen molar-refractivity contribution in [3.63, 3.8) is 0 Å².